The average Bonchev–Trinajstić information content (AvgIpc) is 2.57. The Morgan fingerprint density at radius 3 is 2.32 bits per heavy atom. The first-order valence-electron chi connectivity index (χ1n) is 9.46. The molecule has 0 aliphatic heterocycles. The van der Waals surface area contributed by atoms with Crippen molar-refractivity contribution in [3.05, 3.63) is 0 Å². The minimum absolute atomic E-state index is 0.0629. The molecule has 0 spiro atoms. The molecule has 0 radical (unpaired) electrons. The van der Waals surface area contributed by atoms with Crippen LogP contribution in [-0.2, 0) is 14.3 Å². The number of unbranched alkanes of at least 4 members (excludes halogenated alkanes) is 1. The third kappa shape index (κ3) is 6.68. The van der Waals surface area contributed by atoms with E-state index in [1.54, 1.807) is 0 Å². The summed E-state index contributed by atoms with van der Waals surface area (Å²) in [5.41, 5.74) is 0. The maximum atomic E-state index is 11.3. The average molecular weight is 310 g/mol. The smallest absolute Gasteiger partial charge is 0.305 e. The monoisotopic (exact) mass is 310 g/mol. The highest BCUT2D eigenvalue weighted by Crippen LogP contribution is 2.30. The second-order valence-electron chi connectivity index (χ2n) is 7.29. The Kier molecular flexibility index (Phi) is 8.28. The Morgan fingerprint density at radius 2 is 1.64 bits per heavy atom. The van der Waals surface area contributed by atoms with Gasteiger partial charge in [0.15, 0.2) is 0 Å². The number of esters is 1. The largest absolute Gasteiger partial charge is 0.469 e. The van der Waals surface area contributed by atoms with Crippen LogP contribution in [0.5, 0.6) is 0 Å². The maximum absolute atomic E-state index is 11.3. The number of ether oxygens (including phenoxy) is 2. The maximum Gasteiger partial charge on any atom is 0.305 e. The van der Waals surface area contributed by atoms with Gasteiger partial charge in [0.25, 0.3) is 0 Å². The predicted octanol–water partition coefficient (Wildman–Crippen LogP) is 4.88. The Hall–Kier alpha value is -0.570. The van der Waals surface area contributed by atoms with E-state index in [0.717, 1.165) is 38.2 Å². The van der Waals surface area contributed by atoms with Gasteiger partial charge in [-0.3, -0.25) is 4.79 Å². The van der Waals surface area contributed by atoms with E-state index in [1.807, 2.05) is 0 Å². The molecule has 0 heterocycles. The molecule has 0 aromatic carbocycles. The molecule has 2 saturated carbocycles. The third-order valence-corrected chi connectivity index (χ3v) is 5.56. The first-order chi connectivity index (χ1) is 10.8. The van der Waals surface area contributed by atoms with Crippen molar-refractivity contribution in [1.82, 2.24) is 0 Å². The molecule has 0 aromatic heterocycles. The van der Waals surface area contributed by atoms with Gasteiger partial charge in [-0.1, -0.05) is 44.9 Å². The van der Waals surface area contributed by atoms with Gasteiger partial charge in [0, 0.05) is 13.0 Å². The van der Waals surface area contributed by atoms with Crippen molar-refractivity contribution in [2.24, 2.45) is 11.8 Å². The zero-order valence-corrected chi connectivity index (χ0v) is 14.4. The van der Waals surface area contributed by atoms with Gasteiger partial charge in [0.1, 0.15) is 0 Å². The lowest BCUT2D eigenvalue weighted by atomic mass is 9.85. The standard InChI is InChI=1S/C19H34O3/c1-21-19(20)15-17-10-12-18(13-11-17)22-14-6-5-9-16-7-3-2-4-8-16/h16-18H,2-15H2,1H3. The van der Waals surface area contributed by atoms with Crippen molar-refractivity contribution in [3.8, 4) is 0 Å². The summed E-state index contributed by atoms with van der Waals surface area (Å²) in [6.45, 7) is 0.930. The van der Waals surface area contributed by atoms with Crippen molar-refractivity contribution in [1.29, 1.82) is 0 Å². The van der Waals surface area contributed by atoms with Crippen molar-refractivity contribution in [2.45, 2.75) is 89.6 Å². The van der Waals surface area contributed by atoms with Crippen molar-refractivity contribution in [3.63, 3.8) is 0 Å². The first-order valence-corrected chi connectivity index (χ1v) is 9.46. The lowest BCUT2D eigenvalue weighted by molar-refractivity contribution is -0.142. The summed E-state index contributed by atoms with van der Waals surface area (Å²) >= 11 is 0. The summed E-state index contributed by atoms with van der Waals surface area (Å²) in [5, 5.41) is 0. The van der Waals surface area contributed by atoms with Crippen LogP contribution in [0.3, 0.4) is 0 Å². The second kappa shape index (κ2) is 10.3. The van der Waals surface area contributed by atoms with E-state index in [-0.39, 0.29) is 5.97 Å². The van der Waals surface area contributed by atoms with Gasteiger partial charge in [-0.2, -0.15) is 0 Å². The normalized spacial score (nSPS) is 26.8. The molecule has 0 N–H and O–H groups in total. The summed E-state index contributed by atoms with van der Waals surface area (Å²) in [7, 11) is 1.48. The fraction of sp³-hybridized carbons (Fsp3) is 0.947. The van der Waals surface area contributed by atoms with E-state index in [1.165, 1.54) is 58.5 Å². The highest BCUT2D eigenvalue weighted by atomic mass is 16.5. The summed E-state index contributed by atoms with van der Waals surface area (Å²) in [4.78, 5) is 11.3. The molecule has 2 fully saturated rings. The van der Waals surface area contributed by atoms with E-state index in [2.05, 4.69) is 0 Å². The van der Waals surface area contributed by atoms with Gasteiger partial charge in [0.05, 0.1) is 13.2 Å². The van der Waals surface area contributed by atoms with Crippen LogP contribution in [0.4, 0.5) is 0 Å². The Bertz CT molecular complexity index is 302. The predicted molar refractivity (Wildman–Crippen MR) is 88.8 cm³/mol. The lowest BCUT2D eigenvalue weighted by Crippen LogP contribution is -2.23. The van der Waals surface area contributed by atoms with Gasteiger partial charge in [0.2, 0.25) is 0 Å². The highest BCUT2D eigenvalue weighted by Gasteiger charge is 2.23. The number of hydrogen-bond acceptors (Lipinski definition) is 3. The zero-order chi connectivity index (χ0) is 15.6. The summed E-state index contributed by atoms with van der Waals surface area (Å²) < 4.78 is 10.8. The molecule has 2 rings (SSSR count). The number of carbonyl (C=O) groups is 1. The van der Waals surface area contributed by atoms with E-state index in [4.69, 9.17) is 9.47 Å². The molecule has 0 amide bonds. The van der Waals surface area contributed by atoms with Crippen LogP contribution in [0.15, 0.2) is 0 Å². The van der Waals surface area contributed by atoms with Crippen LogP contribution in [-0.4, -0.2) is 25.8 Å². The van der Waals surface area contributed by atoms with Gasteiger partial charge in [-0.05, 0) is 43.9 Å². The Balaban J connectivity index is 1.45. The molecule has 0 aromatic rings. The van der Waals surface area contributed by atoms with Crippen LogP contribution in [0, 0.1) is 11.8 Å². The summed E-state index contributed by atoms with van der Waals surface area (Å²) in [6.07, 6.45) is 16.7. The minimum Gasteiger partial charge on any atom is -0.469 e. The van der Waals surface area contributed by atoms with E-state index >= 15 is 0 Å². The summed E-state index contributed by atoms with van der Waals surface area (Å²) in [6, 6.07) is 0. The Labute approximate surface area is 136 Å². The molecule has 0 atom stereocenters. The van der Waals surface area contributed by atoms with Crippen LogP contribution in [0.2, 0.25) is 0 Å². The quantitative estimate of drug-likeness (QED) is 0.473. The molecule has 128 valence electrons. The SMILES string of the molecule is COC(=O)CC1CCC(OCCCCC2CCCCC2)CC1. The van der Waals surface area contributed by atoms with E-state index < -0.39 is 0 Å². The molecule has 2 aliphatic carbocycles. The van der Waals surface area contributed by atoms with Gasteiger partial charge in [-0.15, -0.1) is 0 Å². The number of carbonyl (C=O) groups excluding carboxylic acids is 1. The number of rotatable bonds is 8. The molecule has 3 heteroatoms. The van der Waals surface area contributed by atoms with E-state index in [0.29, 0.717) is 18.4 Å². The second-order valence-corrected chi connectivity index (χ2v) is 7.29. The summed E-state index contributed by atoms with van der Waals surface area (Å²) in [5.74, 6) is 1.45. The molecule has 0 unspecified atom stereocenters. The molecule has 3 nitrogen and oxygen atoms in total. The molecule has 22 heavy (non-hydrogen) atoms. The van der Waals surface area contributed by atoms with Crippen molar-refractivity contribution >= 4 is 5.97 Å². The lowest BCUT2D eigenvalue weighted by Gasteiger charge is -2.28. The van der Waals surface area contributed by atoms with Crippen molar-refractivity contribution < 1.29 is 14.3 Å². The fourth-order valence-corrected chi connectivity index (χ4v) is 4.08. The molecule has 2 aliphatic rings. The molecular formula is C19H34O3. The van der Waals surface area contributed by atoms with Crippen LogP contribution < -0.4 is 0 Å². The van der Waals surface area contributed by atoms with Crippen LogP contribution >= 0.6 is 0 Å². The van der Waals surface area contributed by atoms with E-state index in [9.17, 15) is 4.79 Å². The molecular weight excluding hydrogens is 276 g/mol. The first kappa shape index (κ1) is 17.8. The number of hydrogen-bond donors (Lipinski definition) is 0. The zero-order valence-electron chi connectivity index (χ0n) is 14.4. The highest BCUT2D eigenvalue weighted by molar-refractivity contribution is 5.69. The van der Waals surface area contributed by atoms with Crippen molar-refractivity contribution in [2.75, 3.05) is 13.7 Å². The van der Waals surface area contributed by atoms with Gasteiger partial charge >= 0.3 is 5.97 Å². The van der Waals surface area contributed by atoms with Crippen LogP contribution in [0.25, 0.3) is 0 Å². The Morgan fingerprint density at radius 1 is 0.909 bits per heavy atom. The topological polar surface area (TPSA) is 35.5 Å². The minimum atomic E-state index is -0.0629. The van der Waals surface area contributed by atoms with Gasteiger partial charge in [-0.25, -0.2) is 0 Å². The fourth-order valence-electron chi connectivity index (χ4n) is 4.08. The van der Waals surface area contributed by atoms with Crippen LogP contribution in [0.1, 0.15) is 83.5 Å². The molecule has 0 bridgehead atoms. The van der Waals surface area contributed by atoms with Gasteiger partial charge < -0.3 is 9.47 Å². The number of methoxy groups -OCH3 is 1. The third-order valence-electron chi connectivity index (χ3n) is 5.56. The molecule has 0 saturated heterocycles.